The Kier molecular flexibility index (Phi) is 4.58. The molecule has 1 saturated carbocycles. The molecule has 2 nitrogen and oxygen atoms in total. The lowest BCUT2D eigenvalue weighted by Crippen LogP contribution is -2.34. The maximum absolute atomic E-state index is 13.2. The van der Waals surface area contributed by atoms with Crippen LogP contribution < -0.4 is 10.6 Å². The van der Waals surface area contributed by atoms with Crippen molar-refractivity contribution in [3.05, 3.63) is 29.3 Å². The average molecular weight is 286 g/mol. The first-order valence-electron chi connectivity index (χ1n) is 7.06. The first kappa shape index (κ1) is 15.2. The van der Waals surface area contributed by atoms with Crippen LogP contribution in [0.1, 0.15) is 43.2 Å². The Bertz CT molecular complexity index is 451. The van der Waals surface area contributed by atoms with Gasteiger partial charge in [0.25, 0.3) is 0 Å². The zero-order valence-electron chi connectivity index (χ0n) is 11.7. The highest BCUT2D eigenvalue weighted by Gasteiger charge is 2.35. The quantitative estimate of drug-likeness (QED) is 0.912. The molecule has 0 heterocycles. The van der Waals surface area contributed by atoms with Gasteiger partial charge in [0.05, 0.1) is 5.56 Å². The second-order valence-electron chi connectivity index (χ2n) is 5.46. The second kappa shape index (κ2) is 6.04. The van der Waals surface area contributed by atoms with Crippen LogP contribution in [-0.2, 0) is 12.7 Å². The molecule has 1 aliphatic carbocycles. The van der Waals surface area contributed by atoms with E-state index in [1.54, 1.807) is 24.1 Å². The Morgan fingerprint density at radius 1 is 1.20 bits per heavy atom. The number of anilines is 1. The highest BCUT2D eigenvalue weighted by molar-refractivity contribution is 5.56. The van der Waals surface area contributed by atoms with E-state index in [1.165, 1.54) is 12.5 Å². The topological polar surface area (TPSA) is 29.3 Å². The predicted molar refractivity (Wildman–Crippen MR) is 74.6 cm³/mol. The van der Waals surface area contributed by atoms with Gasteiger partial charge in [-0.2, -0.15) is 13.2 Å². The SMILES string of the molecule is CN(c1ccc(CN)cc1C(F)(F)F)C1CCCCC1. The van der Waals surface area contributed by atoms with E-state index in [-0.39, 0.29) is 18.3 Å². The van der Waals surface area contributed by atoms with E-state index in [2.05, 4.69) is 0 Å². The summed E-state index contributed by atoms with van der Waals surface area (Å²) in [4.78, 5) is 1.79. The molecule has 0 spiro atoms. The molecule has 0 saturated heterocycles. The van der Waals surface area contributed by atoms with Crippen LogP contribution in [0.15, 0.2) is 18.2 Å². The van der Waals surface area contributed by atoms with Gasteiger partial charge in [0.1, 0.15) is 0 Å². The highest BCUT2D eigenvalue weighted by Crippen LogP contribution is 2.38. The van der Waals surface area contributed by atoms with Gasteiger partial charge in [-0.15, -0.1) is 0 Å². The molecule has 0 amide bonds. The monoisotopic (exact) mass is 286 g/mol. The molecule has 0 bridgehead atoms. The van der Waals surface area contributed by atoms with E-state index < -0.39 is 11.7 Å². The molecule has 1 aromatic rings. The molecule has 0 atom stereocenters. The molecule has 5 heteroatoms. The third-order valence-corrected chi connectivity index (χ3v) is 4.10. The van der Waals surface area contributed by atoms with Crippen molar-refractivity contribution in [3.63, 3.8) is 0 Å². The van der Waals surface area contributed by atoms with Crippen LogP contribution >= 0.6 is 0 Å². The van der Waals surface area contributed by atoms with Crippen molar-refractivity contribution in [2.75, 3.05) is 11.9 Å². The van der Waals surface area contributed by atoms with Crippen molar-refractivity contribution in [3.8, 4) is 0 Å². The van der Waals surface area contributed by atoms with Gasteiger partial charge in [-0.1, -0.05) is 25.3 Å². The molecular formula is C15H21F3N2. The normalized spacial score (nSPS) is 17.2. The summed E-state index contributed by atoms with van der Waals surface area (Å²) in [6, 6.07) is 4.62. The van der Waals surface area contributed by atoms with E-state index in [1.807, 2.05) is 0 Å². The van der Waals surface area contributed by atoms with Crippen molar-refractivity contribution in [1.29, 1.82) is 0 Å². The Morgan fingerprint density at radius 3 is 2.40 bits per heavy atom. The zero-order valence-corrected chi connectivity index (χ0v) is 11.7. The molecule has 1 aliphatic rings. The minimum absolute atomic E-state index is 0.122. The van der Waals surface area contributed by atoms with Gasteiger partial charge in [0.2, 0.25) is 0 Å². The highest BCUT2D eigenvalue weighted by atomic mass is 19.4. The molecule has 1 fully saturated rings. The fraction of sp³-hybridized carbons (Fsp3) is 0.600. The summed E-state index contributed by atoms with van der Waals surface area (Å²) in [5.41, 5.74) is 5.65. The lowest BCUT2D eigenvalue weighted by molar-refractivity contribution is -0.137. The maximum atomic E-state index is 13.2. The number of benzene rings is 1. The van der Waals surface area contributed by atoms with Crippen molar-refractivity contribution in [2.45, 2.75) is 50.9 Å². The van der Waals surface area contributed by atoms with E-state index >= 15 is 0 Å². The molecule has 2 N–H and O–H groups in total. The Balaban J connectivity index is 2.34. The van der Waals surface area contributed by atoms with Crippen molar-refractivity contribution in [1.82, 2.24) is 0 Å². The van der Waals surface area contributed by atoms with Crippen LogP contribution in [0.2, 0.25) is 0 Å². The third-order valence-electron chi connectivity index (χ3n) is 4.10. The van der Waals surface area contributed by atoms with E-state index in [0.717, 1.165) is 25.7 Å². The second-order valence-corrected chi connectivity index (χ2v) is 5.46. The zero-order chi connectivity index (χ0) is 14.8. The minimum Gasteiger partial charge on any atom is -0.371 e. The van der Waals surface area contributed by atoms with Gasteiger partial charge in [0, 0.05) is 25.3 Å². The molecule has 20 heavy (non-hydrogen) atoms. The third kappa shape index (κ3) is 3.26. The summed E-state index contributed by atoms with van der Waals surface area (Å²) in [7, 11) is 1.77. The number of hydrogen-bond donors (Lipinski definition) is 1. The van der Waals surface area contributed by atoms with Gasteiger partial charge < -0.3 is 10.6 Å². The fourth-order valence-corrected chi connectivity index (χ4v) is 2.91. The number of hydrogen-bond acceptors (Lipinski definition) is 2. The Morgan fingerprint density at radius 2 is 1.85 bits per heavy atom. The van der Waals surface area contributed by atoms with E-state index in [0.29, 0.717) is 5.56 Å². The number of nitrogens with zero attached hydrogens (tertiary/aromatic N) is 1. The summed E-state index contributed by atoms with van der Waals surface area (Å²) in [5.74, 6) is 0. The summed E-state index contributed by atoms with van der Waals surface area (Å²) < 4.78 is 39.7. The Labute approximate surface area is 117 Å². The van der Waals surface area contributed by atoms with Crippen LogP contribution in [-0.4, -0.2) is 13.1 Å². The number of rotatable bonds is 3. The van der Waals surface area contributed by atoms with Crippen LogP contribution in [0.5, 0.6) is 0 Å². The van der Waals surface area contributed by atoms with Gasteiger partial charge in [0.15, 0.2) is 0 Å². The molecule has 0 radical (unpaired) electrons. The molecule has 112 valence electrons. The van der Waals surface area contributed by atoms with E-state index in [4.69, 9.17) is 5.73 Å². The summed E-state index contributed by atoms with van der Waals surface area (Å²) in [5, 5.41) is 0. The number of nitrogens with two attached hydrogens (primary N) is 1. The minimum atomic E-state index is -4.34. The first-order valence-corrected chi connectivity index (χ1v) is 7.06. The summed E-state index contributed by atoms with van der Waals surface area (Å²) in [6.45, 7) is 0.122. The van der Waals surface area contributed by atoms with Crippen LogP contribution in [0.4, 0.5) is 18.9 Å². The van der Waals surface area contributed by atoms with Crippen LogP contribution in [0.25, 0.3) is 0 Å². The van der Waals surface area contributed by atoms with Gasteiger partial charge >= 0.3 is 6.18 Å². The standard InChI is InChI=1S/C15H21F3N2/c1-20(12-5-3-2-4-6-12)14-8-7-11(10-19)9-13(14)15(16,17)18/h7-9,12H,2-6,10,19H2,1H3. The summed E-state index contributed by atoms with van der Waals surface area (Å²) >= 11 is 0. The molecular weight excluding hydrogens is 265 g/mol. The van der Waals surface area contributed by atoms with Crippen LogP contribution in [0.3, 0.4) is 0 Å². The first-order chi connectivity index (χ1) is 9.43. The molecule has 2 rings (SSSR count). The molecule has 0 aliphatic heterocycles. The van der Waals surface area contributed by atoms with Crippen LogP contribution in [0, 0.1) is 0 Å². The Hall–Kier alpha value is -1.23. The molecule has 0 unspecified atom stereocenters. The van der Waals surface area contributed by atoms with Gasteiger partial charge in [-0.25, -0.2) is 0 Å². The lowest BCUT2D eigenvalue weighted by Gasteiger charge is -2.34. The molecule has 0 aromatic heterocycles. The smallest absolute Gasteiger partial charge is 0.371 e. The van der Waals surface area contributed by atoms with Crippen molar-refractivity contribution >= 4 is 5.69 Å². The van der Waals surface area contributed by atoms with Gasteiger partial charge in [-0.05, 0) is 30.5 Å². The average Bonchev–Trinajstić information content (AvgIpc) is 2.46. The van der Waals surface area contributed by atoms with Crippen molar-refractivity contribution in [2.24, 2.45) is 5.73 Å². The van der Waals surface area contributed by atoms with E-state index in [9.17, 15) is 13.2 Å². The fourth-order valence-electron chi connectivity index (χ4n) is 2.91. The predicted octanol–water partition coefficient (Wildman–Crippen LogP) is 3.93. The van der Waals surface area contributed by atoms with Gasteiger partial charge in [-0.3, -0.25) is 0 Å². The summed E-state index contributed by atoms with van der Waals surface area (Å²) in [6.07, 6.45) is 0.958. The largest absolute Gasteiger partial charge is 0.418 e. The lowest BCUT2D eigenvalue weighted by atomic mass is 9.93. The van der Waals surface area contributed by atoms with Crippen molar-refractivity contribution < 1.29 is 13.2 Å². The maximum Gasteiger partial charge on any atom is 0.418 e. The number of alkyl halides is 3. The number of halogens is 3. The molecule has 1 aromatic carbocycles.